The average molecular weight is 256 g/mol. The molecule has 0 spiro atoms. The minimum Gasteiger partial charge on any atom is -0.480 e. The van der Waals surface area contributed by atoms with Crippen molar-refractivity contribution in [3.8, 4) is 0 Å². The third kappa shape index (κ3) is 5.24. The Morgan fingerprint density at radius 1 is 1.61 bits per heavy atom. The normalized spacial score (nSPS) is 13.6. The van der Waals surface area contributed by atoms with Crippen LogP contribution >= 0.6 is 0 Å². The highest BCUT2D eigenvalue weighted by molar-refractivity contribution is 5.73. The van der Waals surface area contributed by atoms with Crippen LogP contribution in [0.15, 0.2) is 6.20 Å². The molecule has 3 N–H and O–H groups in total. The van der Waals surface area contributed by atoms with Crippen molar-refractivity contribution in [1.29, 1.82) is 0 Å². The van der Waals surface area contributed by atoms with Crippen LogP contribution < -0.4 is 5.73 Å². The summed E-state index contributed by atoms with van der Waals surface area (Å²) in [5, 5.41) is 16.4. The van der Waals surface area contributed by atoms with Crippen LogP contribution in [-0.4, -0.2) is 44.3 Å². The quantitative estimate of drug-likeness (QED) is 0.745. The number of rotatable bonds is 6. The number of ether oxygens (including phenoxy) is 1. The van der Waals surface area contributed by atoms with Gasteiger partial charge in [0.2, 0.25) is 0 Å². The standard InChI is InChI=1S/C11H20N4O3/c1-11(2,3)18-5-4-15-7-8(13-14-15)6-9(12)10(16)17/h7,9H,4-6,12H2,1-3H3,(H,16,17). The smallest absolute Gasteiger partial charge is 0.320 e. The van der Waals surface area contributed by atoms with Gasteiger partial charge in [-0.1, -0.05) is 5.21 Å². The van der Waals surface area contributed by atoms with Crippen LogP contribution in [0.25, 0.3) is 0 Å². The topological polar surface area (TPSA) is 103 Å². The highest BCUT2D eigenvalue weighted by Crippen LogP contribution is 2.06. The van der Waals surface area contributed by atoms with Crippen molar-refractivity contribution in [1.82, 2.24) is 15.0 Å². The first-order valence-corrected chi connectivity index (χ1v) is 5.79. The lowest BCUT2D eigenvalue weighted by molar-refractivity contribution is -0.138. The molecule has 0 bridgehead atoms. The van der Waals surface area contributed by atoms with Crippen LogP contribution in [-0.2, 0) is 22.5 Å². The monoisotopic (exact) mass is 256 g/mol. The van der Waals surface area contributed by atoms with Crippen molar-refractivity contribution < 1.29 is 14.6 Å². The largest absolute Gasteiger partial charge is 0.480 e. The molecule has 0 amide bonds. The van der Waals surface area contributed by atoms with Gasteiger partial charge in [0, 0.05) is 12.6 Å². The first kappa shape index (κ1) is 14.6. The summed E-state index contributed by atoms with van der Waals surface area (Å²) in [6.45, 7) is 7.03. The van der Waals surface area contributed by atoms with E-state index < -0.39 is 12.0 Å². The third-order valence-corrected chi connectivity index (χ3v) is 2.19. The molecule has 0 aromatic carbocycles. The fourth-order valence-electron chi connectivity index (χ4n) is 1.30. The molecule has 1 rings (SSSR count). The van der Waals surface area contributed by atoms with E-state index in [-0.39, 0.29) is 12.0 Å². The molecule has 0 saturated heterocycles. The van der Waals surface area contributed by atoms with Crippen LogP contribution in [0.1, 0.15) is 26.5 Å². The van der Waals surface area contributed by atoms with E-state index in [1.54, 1.807) is 10.9 Å². The second-order valence-electron chi connectivity index (χ2n) is 5.08. The predicted molar refractivity (Wildman–Crippen MR) is 65.0 cm³/mol. The van der Waals surface area contributed by atoms with Gasteiger partial charge in [-0.15, -0.1) is 5.10 Å². The maximum absolute atomic E-state index is 10.6. The highest BCUT2D eigenvalue weighted by Gasteiger charge is 2.14. The number of hydrogen-bond donors (Lipinski definition) is 2. The Bertz CT molecular complexity index is 397. The molecule has 0 saturated carbocycles. The molecule has 0 fully saturated rings. The van der Waals surface area contributed by atoms with Crippen molar-refractivity contribution in [3.05, 3.63) is 11.9 Å². The second kappa shape index (κ2) is 5.92. The lowest BCUT2D eigenvalue weighted by Crippen LogP contribution is -2.32. The number of aromatic nitrogens is 3. The van der Waals surface area contributed by atoms with E-state index in [0.29, 0.717) is 18.8 Å². The molecule has 0 aliphatic carbocycles. The zero-order valence-corrected chi connectivity index (χ0v) is 11.0. The number of nitrogens with two attached hydrogens (primary N) is 1. The Hall–Kier alpha value is -1.47. The molecular formula is C11H20N4O3. The summed E-state index contributed by atoms with van der Waals surface area (Å²) in [6.07, 6.45) is 1.87. The first-order chi connectivity index (χ1) is 8.28. The fourth-order valence-corrected chi connectivity index (χ4v) is 1.30. The van der Waals surface area contributed by atoms with Gasteiger partial charge in [-0.2, -0.15) is 0 Å². The molecule has 1 atom stereocenters. The zero-order valence-electron chi connectivity index (χ0n) is 11.0. The molecule has 1 aromatic rings. The Morgan fingerprint density at radius 3 is 2.83 bits per heavy atom. The zero-order chi connectivity index (χ0) is 13.8. The van der Waals surface area contributed by atoms with Gasteiger partial charge >= 0.3 is 5.97 Å². The van der Waals surface area contributed by atoms with Gasteiger partial charge in [0.15, 0.2) is 0 Å². The molecule has 0 radical (unpaired) electrons. The van der Waals surface area contributed by atoms with Crippen LogP contribution in [0.3, 0.4) is 0 Å². The summed E-state index contributed by atoms with van der Waals surface area (Å²) in [4.78, 5) is 10.6. The van der Waals surface area contributed by atoms with Crippen LogP contribution in [0.5, 0.6) is 0 Å². The summed E-state index contributed by atoms with van der Waals surface area (Å²) in [5.74, 6) is -1.04. The molecular weight excluding hydrogens is 236 g/mol. The molecule has 7 heteroatoms. The summed E-state index contributed by atoms with van der Waals surface area (Å²) >= 11 is 0. The number of aliphatic carboxylic acids is 1. The van der Waals surface area contributed by atoms with E-state index in [9.17, 15) is 4.79 Å². The van der Waals surface area contributed by atoms with E-state index in [0.717, 1.165) is 0 Å². The molecule has 7 nitrogen and oxygen atoms in total. The van der Waals surface area contributed by atoms with Crippen molar-refractivity contribution >= 4 is 5.97 Å². The minimum absolute atomic E-state index is 0.176. The van der Waals surface area contributed by atoms with E-state index in [1.807, 2.05) is 20.8 Å². The number of nitrogens with zero attached hydrogens (tertiary/aromatic N) is 3. The van der Waals surface area contributed by atoms with Gasteiger partial charge in [-0.05, 0) is 20.8 Å². The van der Waals surface area contributed by atoms with E-state index in [2.05, 4.69) is 10.3 Å². The molecule has 102 valence electrons. The minimum atomic E-state index is -1.04. The Kier molecular flexibility index (Phi) is 4.80. The average Bonchev–Trinajstić information content (AvgIpc) is 2.63. The molecule has 18 heavy (non-hydrogen) atoms. The van der Waals surface area contributed by atoms with Crippen molar-refractivity contribution in [2.24, 2.45) is 5.73 Å². The molecule has 1 heterocycles. The second-order valence-corrected chi connectivity index (χ2v) is 5.08. The van der Waals surface area contributed by atoms with E-state index >= 15 is 0 Å². The SMILES string of the molecule is CC(C)(C)OCCn1cc(CC(N)C(=O)O)nn1. The Labute approximate surface area is 106 Å². The van der Waals surface area contributed by atoms with Crippen LogP contribution in [0.2, 0.25) is 0 Å². The first-order valence-electron chi connectivity index (χ1n) is 5.79. The van der Waals surface area contributed by atoms with Gasteiger partial charge in [-0.25, -0.2) is 4.68 Å². The molecule has 1 unspecified atom stereocenters. The number of hydrogen-bond acceptors (Lipinski definition) is 5. The maximum Gasteiger partial charge on any atom is 0.320 e. The van der Waals surface area contributed by atoms with Gasteiger partial charge in [0.1, 0.15) is 6.04 Å². The highest BCUT2D eigenvalue weighted by atomic mass is 16.5. The van der Waals surface area contributed by atoms with Gasteiger partial charge in [0.25, 0.3) is 0 Å². The molecule has 0 aliphatic rings. The third-order valence-electron chi connectivity index (χ3n) is 2.19. The van der Waals surface area contributed by atoms with E-state index in [4.69, 9.17) is 15.6 Å². The lowest BCUT2D eigenvalue weighted by atomic mass is 10.2. The fraction of sp³-hybridized carbons (Fsp3) is 0.727. The van der Waals surface area contributed by atoms with E-state index in [1.165, 1.54) is 0 Å². The summed E-state index contributed by atoms with van der Waals surface area (Å²) in [6, 6.07) is -0.944. The maximum atomic E-state index is 10.6. The van der Waals surface area contributed by atoms with Crippen molar-refractivity contribution in [2.75, 3.05) is 6.61 Å². The summed E-state index contributed by atoms with van der Waals surface area (Å²) in [5.41, 5.74) is 5.80. The Morgan fingerprint density at radius 2 is 2.28 bits per heavy atom. The van der Waals surface area contributed by atoms with Gasteiger partial charge in [0.05, 0.1) is 24.4 Å². The summed E-state index contributed by atoms with van der Waals surface area (Å²) in [7, 11) is 0. The molecule has 1 aromatic heterocycles. The number of carboxylic acids is 1. The number of carboxylic acid groups (broad SMARTS) is 1. The predicted octanol–water partition coefficient (Wildman–Crippen LogP) is 0.0476. The summed E-state index contributed by atoms with van der Waals surface area (Å²) < 4.78 is 7.18. The van der Waals surface area contributed by atoms with Gasteiger partial charge < -0.3 is 15.6 Å². The lowest BCUT2D eigenvalue weighted by Gasteiger charge is -2.19. The number of carbonyl (C=O) groups is 1. The van der Waals surface area contributed by atoms with Crippen molar-refractivity contribution in [2.45, 2.75) is 45.4 Å². The van der Waals surface area contributed by atoms with Gasteiger partial charge in [-0.3, -0.25) is 4.79 Å². The van der Waals surface area contributed by atoms with Crippen LogP contribution in [0.4, 0.5) is 0 Å². The van der Waals surface area contributed by atoms with Crippen LogP contribution in [0, 0.1) is 0 Å². The van der Waals surface area contributed by atoms with Crippen molar-refractivity contribution in [3.63, 3.8) is 0 Å². The Balaban J connectivity index is 2.41. The molecule has 0 aliphatic heterocycles.